The molecule has 5 heteroatoms. The van der Waals surface area contributed by atoms with Crippen LogP contribution in [0.4, 0.5) is 5.69 Å². The van der Waals surface area contributed by atoms with Crippen molar-refractivity contribution < 1.29 is 4.79 Å². The van der Waals surface area contributed by atoms with Crippen LogP contribution in [0.15, 0.2) is 29.6 Å². The number of rotatable bonds is 3. The molecule has 3 N–H and O–H groups in total. The van der Waals surface area contributed by atoms with Crippen LogP contribution < -0.4 is 11.1 Å². The molecule has 2 aromatic rings. The highest BCUT2D eigenvalue weighted by Crippen LogP contribution is 2.23. The SMILES string of the molecule is Cc1ccsc1CNC(=O)c1cccc(N)c1Cl. The van der Waals surface area contributed by atoms with E-state index in [1.54, 1.807) is 29.5 Å². The number of carbonyl (C=O) groups excluding carboxylic acids is 1. The van der Waals surface area contributed by atoms with Gasteiger partial charge in [0.15, 0.2) is 0 Å². The van der Waals surface area contributed by atoms with Crippen LogP contribution >= 0.6 is 22.9 Å². The highest BCUT2D eigenvalue weighted by Gasteiger charge is 2.12. The molecule has 1 aromatic carbocycles. The molecule has 0 saturated heterocycles. The summed E-state index contributed by atoms with van der Waals surface area (Å²) < 4.78 is 0. The van der Waals surface area contributed by atoms with Crippen LogP contribution in [-0.4, -0.2) is 5.91 Å². The number of benzene rings is 1. The van der Waals surface area contributed by atoms with E-state index in [0.29, 0.717) is 22.8 Å². The van der Waals surface area contributed by atoms with Crippen LogP contribution in [0, 0.1) is 6.92 Å². The molecule has 0 aliphatic heterocycles. The van der Waals surface area contributed by atoms with E-state index in [0.717, 1.165) is 4.88 Å². The summed E-state index contributed by atoms with van der Waals surface area (Å²) in [4.78, 5) is 13.1. The first-order valence-corrected chi connectivity index (χ1v) is 6.70. The molecule has 2 rings (SSSR count). The summed E-state index contributed by atoms with van der Waals surface area (Å²) in [5, 5.41) is 5.15. The van der Waals surface area contributed by atoms with E-state index in [9.17, 15) is 4.79 Å². The Hall–Kier alpha value is -1.52. The topological polar surface area (TPSA) is 55.1 Å². The molecule has 18 heavy (non-hydrogen) atoms. The van der Waals surface area contributed by atoms with E-state index < -0.39 is 0 Å². The van der Waals surface area contributed by atoms with Gasteiger partial charge in [-0.1, -0.05) is 17.7 Å². The molecule has 3 nitrogen and oxygen atoms in total. The minimum Gasteiger partial charge on any atom is -0.398 e. The molecule has 0 saturated carbocycles. The van der Waals surface area contributed by atoms with E-state index in [-0.39, 0.29) is 5.91 Å². The van der Waals surface area contributed by atoms with Gasteiger partial charge in [0.05, 0.1) is 22.8 Å². The number of nitrogens with two attached hydrogens (primary N) is 1. The molecular formula is C13H13ClN2OS. The summed E-state index contributed by atoms with van der Waals surface area (Å²) in [7, 11) is 0. The lowest BCUT2D eigenvalue weighted by Gasteiger charge is -2.07. The average Bonchev–Trinajstić information content (AvgIpc) is 2.75. The van der Waals surface area contributed by atoms with Crippen molar-refractivity contribution >= 4 is 34.5 Å². The summed E-state index contributed by atoms with van der Waals surface area (Å²) in [6, 6.07) is 7.07. The maximum atomic E-state index is 12.0. The van der Waals surface area contributed by atoms with Gasteiger partial charge in [0.25, 0.3) is 5.91 Å². The maximum absolute atomic E-state index is 12.0. The van der Waals surface area contributed by atoms with Gasteiger partial charge in [-0.25, -0.2) is 0 Å². The fourth-order valence-electron chi connectivity index (χ4n) is 1.57. The average molecular weight is 281 g/mol. The van der Waals surface area contributed by atoms with Crippen molar-refractivity contribution in [1.29, 1.82) is 0 Å². The summed E-state index contributed by atoms with van der Waals surface area (Å²) in [5.41, 5.74) is 7.66. The van der Waals surface area contributed by atoms with Gasteiger partial charge in [-0.2, -0.15) is 0 Å². The Labute approximate surface area is 115 Å². The number of nitrogens with one attached hydrogen (secondary N) is 1. The molecule has 94 valence electrons. The van der Waals surface area contributed by atoms with Crippen LogP contribution in [-0.2, 0) is 6.54 Å². The smallest absolute Gasteiger partial charge is 0.253 e. The largest absolute Gasteiger partial charge is 0.398 e. The third-order valence-electron chi connectivity index (χ3n) is 2.65. The quantitative estimate of drug-likeness (QED) is 0.848. The first kappa shape index (κ1) is 12.9. The fourth-order valence-corrected chi connectivity index (χ4v) is 2.62. The maximum Gasteiger partial charge on any atom is 0.253 e. The van der Waals surface area contributed by atoms with Crippen LogP contribution in [0.1, 0.15) is 20.8 Å². The number of carbonyl (C=O) groups is 1. The minimum atomic E-state index is -0.208. The third kappa shape index (κ3) is 2.66. The van der Waals surface area contributed by atoms with Gasteiger partial charge in [0, 0.05) is 4.88 Å². The van der Waals surface area contributed by atoms with Gasteiger partial charge in [-0.3, -0.25) is 4.79 Å². The summed E-state index contributed by atoms with van der Waals surface area (Å²) >= 11 is 7.62. The monoisotopic (exact) mass is 280 g/mol. The fraction of sp³-hybridized carbons (Fsp3) is 0.154. The molecule has 0 aliphatic rings. The van der Waals surface area contributed by atoms with Gasteiger partial charge in [0.2, 0.25) is 0 Å². The number of hydrogen-bond donors (Lipinski definition) is 2. The Morgan fingerprint density at radius 1 is 1.44 bits per heavy atom. The van der Waals surface area contributed by atoms with E-state index in [1.807, 2.05) is 18.4 Å². The second-order valence-corrected chi connectivity index (χ2v) is 5.30. The Morgan fingerprint density at radius 3 is 2.89 bits per heavy atom. The summed E-state index contributed by atoms with van der Waals surface area (Å²) in [6.07, 6.45) is 0. The molecule has 1 heterocycles. The lowest BCUT2D eigenvalue weighted by atomic mass is 10.2. The van der Waals surface area contributed by atoms with Crippen molar-refractivity contribution in [2.45, 2.75) is 13.5 Å². The molecule has 0 fully saturated rings. The number of thiophene rings is 1. The third-order valence-corrected chi connectivity index (χ3v) is 4.10. The normalized spacial score (nSPS) is 10.3. The van der Waals surface area contributed by atoms with Gasteiger partial charge < -0.3 is 11.1 Å². The van der Waals surface area contributed by atoms with Crippen molar-refractivity contribution in [2.24, 2.45) is 0 Å². The van der Waals surface area contributed by atoms with E-state index in [2.05, 4.69) is 5.32 Å². The Morgan fingerprint density at radius 2 is 2.22 bits per heavy atom. The zero-order valence-corrected chi connectivity index (χ0v) is 11.4. The predicted octanol–water partition coefficient (Wildman–Crippen LogP) is 3.22. The second kappa shape index (κ2) is 5.42. The molecule has 1 amide bonds. The van der Waals surface area contributed by atoms with E-state index in [1.165, 1.54) is 5.56 Å². The molecule has 0 bridgehead atoms. The van der Waals surface area contributed by atoms with Gasteiger partial charge in [0.1, 0.15) is 0 Å². The number of anilines is 1. The molecule has 1 aromatic heterocycles. The first-order chi connectivity index (χ1) is 8.59. The molecule has 0 atom stereocenters. The molecular weight excluding hydrogens is 268 g/mol. The Bertz CT molecular complexity index is 580. The van der Waals surface area contributed by atoms with Gasteiger partial charge >= 0.3 is 0 Å². The lowest BCUT2D eigenvalue weighted by Crippen LogP contribution is -2.23. The van der Waals surface area contributed by atoms with Gasteiger partial charge in [-0.05, 0) is 36.1 Å². The van der Waals surface area contributed by atoms with Crippen molar-refractivity contribution in [3.63, 3.8) is 0 Å². The van der Waals surface area contributed by atoms with Crippen LogP contribution in [0.2, 0.25) is 5.02 Å². The highest BCUT2D eigenvalue weighted by molar-refractivity contribution is 7.10. The van der Waals surface area contributed by atoms with Crippen LogP contribution in [0.5, 0.6) is 0 Å². The molecule has 0 unspecified atom stereocenters. The van der Waals surface area contributed by atoms with Crippen molar-refractivity contribution in [3.05, 3.63) is 50.7 Å². The number of aryl methyl sites for hydroxylation is 1. The molecule has 0 radical (unpaired) electrons. The summed E-state index contributed by atoms with van der Waals surface area (Å²) in [5.74, 6) is -0.208. The molecule has 0 spiro atoms. The predicted molar refractivity (Wildman–Crippen MR) is 76.1 cm³/mol. The Balaban J connectivity index is 2.09. The Kier molecular flexibility index (Phi) is 3.89. The zero-order chi connectivity index (χ0) is 13.1. The highest BCUT2D eigenvalue weighted by atomic mass is 35.5. The van der Waals surface area contributed by atoms with Crippen molar-refractivity contribution in [1.82, 2.24) is 5.32 Å². The molecule has 0 aliphatic carbocycles. The summed E-state index contributed by atoms with van der Waals surface area (Å²) in [6.45, 7) is 2.53. The van der Waals surface area contributed by atoms with Crippen molar-refractivity contribution in [2.75, 3.05) is 5.73 Å². The number of amides is 1. The van der Waals surface area contributed by atoms with Gasteiger partial charge in [-0.15, -0.1) is 11.3 Å². The first-order valence-electron chi connectivity index (χ1n) is 5.44. The number of nitrogen functional groups attached to an aromatic ring is 1. The van der Waals surface area contributed by atoms with E-state index >= 15 is 0 Å². The second-order valence-electron chi connectivity index (χ2n) is 3.92. The lowest BCUT2D eigenvalue weighted by molar-refractivity contribution is 0.0951. The zero-order valence-electron chi connectivity index (χ0n) is 9.87. The number of hydrogen-bond acceptors (Lipinski definition) is 3. The minimum absolute atomic E-state index is 0.208. The van der Waals surface area contributed by atoms with Crippen LogP contribution in [0.25, 0.3) is 0 Å². The van der Waals surface area contributed by atoms with Crippen molar-refractivity contribution in [3.8, 4) is 0 Å². The number of halogens is 1. The standard InChI is InChI=1S/C13H13ClN2OS/c1-8-5-6-18-11(8)7-16-13(17)9-3-2-4-10(15)12(9)14/h2-6H,7,15H2,1H3,(H,16,17). The van der Waals surface area contributed by atoms with Crippen LogP contribution in [0.3, 0.4) is 0 Å². The van der Waals surface area contributed by atoms with E-state index in [4.69, 9.17) is 17.3 Å².